The van der Waals surface area contributed by atoms with Gasteiger partial charge in [-0.25, -0.2) is 4.98 Å². The Kier molecular flexibility index (Phi) is 3.76. The lowest BCUT2D eigenvalue weighted by atomic mass is 9.77. The van der Waals surface area contributed by atoms with E-state index in [-0.39, 0.29) is 6.10 Å². The van der Waals surface area contributed by atoms with Crippen molar-refractivity contribution in [3.05, 3.63) is 16.6 Å². The van der Waals surface area contributed by atoms with E-state index in [1.807, 2.05) is 5.38 Å². The lowest BCUT2D eigenvalue weighted by molar-refractivity contribution is 0.0650. The highest BCUT2D eigenvalue weighted by Crippen LogP contribution is 2.38. The summed E-state index contributed by atoms with van der Waals surface area (Å²) in [7, 11) is 0. The van der Waals surface area contributed by atoms with Crippen LogP contribution in [0.3, 0.4) is 0 Å². The zero-order valence-corrected chi connectivity index (χ0v) is 10.0. The van der Waals surface area contributed by atoms with Gasteiger partial charge in [0.25, 0.3) is 0 Å². The SMILES string of the molecule is CCC1CCCC(C(O)c2cscn2)C1. The zero-order chi connectivity index (χ0) is 10.7. The van der Waals surface area contributed by atoms with Crippen molar-refractivity contribution in [3.63, 3.8) is 0 Å². The average molecular weight is 225 g/mol. The third-order valence-electron chi connectivity index (χ3n) is 3.60. The van der Waals surface area contributed by atoms with Gasteiger partial charge in [-0.05, 0) is 24.7 Å². The summed E-state index contributed by atoms with van der Waals surface area (Å²) in [5.41, 5.74) is 2.68. The van der Waals surface area contributed by atoms with Crippen LogP contribution >= 0.6 is 11.3 Å². The molecule has 0 amide bonds. The molecule has 15 heavy (non-hydrogen) atoms. The van der Waals surface area contributed by atoms with Crippen molar-refractivity contribution in [1.82, 2.24) is 4.98 Å². The van der Waals surface area contributed by atoms with E-state index >= 15 is 0 Å². The fourth-order valence-corrected chi connectivity index (χ4v) is 3.18. The largest absolute Gasteiger partial charge is 0.386 e. The number of aromatic nitrogens is 1. The van der Waals surface area contributed by atoms with Crippen LogP contribution < -0.4 is 0 Å². The second kappa shape index (κ2) is 5.08. The molecule has 3 unspecified atom stereocenters. The minimum absolute atomic E-state index is 0.328. The van der Waals surface area contributed by atoms with E-state index in [0.717, 1.165) is 18.0 Å². The highest BCUT2D eigenvalue weighted by atomic mass is 32.1. The van der Waals surface area contributed by atoms with E-state index in [1.54, 1.807) is 16.8 Å². The Bertz CT molecular complexity index is 286. The number of thiazole rings is 1. The molecule has 1 aliphatic carbocycles. The second-order valence-electron chi connectivity index (χ2n) is 4.56. The molecule has 0 bridgehead atoms. The van der Waals surface area contributed by atoms with Crippen LogP contribution in [0.4, 0.5) is 0 Å². The summed E-state index contributed by atoms with van der Waals surface area (Å²) >= 11 is 1.57. The molecule has 84 valence electrons. The minimum atomic E-state index is -0.328. The number of nitrogens with zero attached hydrogens (tertiary/aromatic N) is 1. The Hall–Kier alpha value is -0.410. The summed E-state index contributed by atoms with van der Waals surface area (Å²) in [5.74, 6) is 1.25. The fraction of sp³-hybridized carbons (Fsp3) is 0.750. The molecule has 1 heterocycles. The monoisotopic (exact) mass is 225 g/mol. The Balaban J connectivity index is 1.98. The van der Waals surface area contributed by atoms with Crippen LogP contribution in [0.2, 0.25) is 0 Å². The Morgan fingerprint density at radius 3 is 3.13 bits per heavy atom. The molecule has 0 radical (unpaired) electrons. The first kappa shape index (κ1) is 11.1. The summed E-state index contributed by atoms with van der Waals surface area (Å²) in [6.45, 7) is 2.25. The lowest BCUT2D eigenvalue weighted by Crippen LogP contribution is -2.21. The first-order chi connectivity index (χ1) is 7.31. The molecule has 1 fully saturated rings. The van der Waals surface area contributed by atoms with Crippen LogP contribution in [0.25, 0.3) is 0 Å². The molecular formula is C12H19NOS. The fourth-order valence-electron chi connectivity index (χ4n) is 2.60. The van der Waals surface area contributed by atoms with Crippen molar-refractivity contribution in [2.45, 2.75) is 45.1 Å². The van der Waals surface area contributed by atoms with Gasteiger partial charge >= 0.3 is 0 Å². The molecule has 1 N–H and O–H groups in total. The summed E-state index contributed by atoms with van der Waals surface area (Å²) < 4.78 is 0. The van der Waals surface area contributed by atoms with Crippen LogP contribution in [0, 0.1) is 11.8 Å². The molecule has 2 nitrogen and oxygen atoms in total. The highest BCUT2D eigenvalue weighted by Gasteiger charge is 2.28. The van der Waals surface area contributed by atoms with Gasteiger partial charge in [-0.3, -0.25) is 0 Å². The predicted octanol–water partition coefficient (Wildman–Crippen LogP) is 3.39. The molecule has 3 heteroatoms. The zero-order valence-electron chi connectivity index (χ0n) is 9.22. The van der Waals surface area contributed by atoms with E-state index in [1.165, 1.54) is 25.7 Å². The number of hydrogen-bond donors (Lipinski definition) is 1. The predicted molar refractivity (Wildman–Crippen MR) is 62.8 cm³/mol. The van der Waals surface area contributed by atoms with Crippen LogP contribution in [-0.4, -0.2) is 10.1 Å². The maximum atomic E-state index is 10.2. The summed E-state index contributed by atoms with van der Waals surface area (Å²) in [5, 5.41) is 12.2. The van der Waals surface area contributed by atoms with Crippen LogP contribution in [0.15, 0.2) is 10.9 Å². The normalized spacial score (nSPS) is 28.9. The molecule has 0 saturated heterocycles. The maximum Gasteiger partial charge on any atom is 0.0996 e. The van der Waals surface area contributed by atoms with E-state index < -0.39 is 0 Å². The van der Waals surface area contributed by atoms with Crippen LogP contribution in [0.1, 0.15) is 50.8 Å². The molecule has 1 aliphatic rings. The van der Waals surface area contributed by atoms with Crippen LogP contribution in [0.5, 0.6) is 0 Å². The average Bonchev–Trinajstić information content (AvgIpc) is 2.81. The molecule has 0 aliphatic heterocycles. The van der Waals surface area contributed by atoms with Gasteiger partial charge in [0, 0.05) is 5.38 Å². The van der Waals surface area contributed by atoms with Crippen molar-refractivity contribution in [2.24, 2.45) is 11.8 Å². The molecular weight excluding hydrogens is 206 g/mol. The number of aliphatic hydroxyl groups excluding tert-OH is 1. The van der Waals surface area contributed by atoms with Gasteiger partial charge in [0.1, 0.15) is 0 Å². The molecule has 1 aromatic heterocycles. The van der Waals surface area contributed by atoms with Gasteiger partial charge in [0.2, 0.25) is 0 Å². The maximum absolute atomic E-state index is 10.2. The van der Waals surface area contributed by atoms with Crippen molar-refractivity contribution in [2.75, 3.05) is 0 Å². The van der Waals surface area contributed by atoms with Crippen LogP contribution in [-0.2, 0) is 0 Å². The van der Waals surface area contributed by atoms with Crippen molar-refractivity contribution in [3.8, 4) is 0 Å². The Morgan fingerprint density at radius 2 is 2.47 bits per heavy atom. The molecule has 3 atom stereocenters. The number of rotatable bonds is 3. The van der Waals surface area contributed by atoms with E-state index in [2.05, 4.69) is 11.9 Å². The van der Waals surface area contributed by atoms with E-state index in [0.29, 0.717) is 5.92 Å². The minimum Gasteiger partial charge on any atom is -0.386 e. The van der Waals surface area contributed by atoms with Crippen molar-refractivity contribution >= 4 is 11.3 Å². The summed E-state index contributed by atoms with van der Waals surface area (Å²) in [6.07, 6.45) is 5.87. The number of aliphatic hydroxyl groups is 1. The van der Waals surface area contributed by atoms with Gasteiger partial charge < -0.3 is 5.11 Å². The molecule has 2 rings (SSSR count). The highest BCUT2D eigenvalue weighted by molar-refractivity contribution is 7.07. The third-order valence-corrected chi connectivity index (χ3v) is 4.21. The molecule has 1 aromatic rings. The quantitative estimate of drug-likeness (QED) is 0.855. The molecule has 1 saturated carbocycles. The summed E-state index contributed by atoms with van der Waals surface area (Å²) in [4.78, 5) is 4.21. The standard InChI is InChI=1S/C12H19NOS/c1-2-9-4-3-5-10(6-9)12(14)11-7-15-8-13-11/h7-10,12,14H,2-6H2,1H3. The third kappa shape index (κ3) is 2.58. The Morgan fingerprint density at radius 1 is 1.60 bits per heavy atom. The first-order valence-corrected chi connectivity index (χ1v) is 6.81. The Labute approximate surface area is 95.4 Å². The van der Waals surface area contributed by atoms with Gasteiger partial charge in [0.15, 0.2) is 0 Å². The van der Waals surface area contributed by atoms with E-state index in [4.69, 9.17) is 0 Å². The lowest BCUT2D eigenvalue weighted by Gasteiger charge is -2.31. The van der Waals surface area contributed by atoms with Gasteiger partial charge in [0.05, 0.1) is 17.3 Å². The molecule has 0 aromatic carbocycles. The van der Waals surface area contributed by atoms with Gasteiger partial charge in [-0.15, -0.1) is 11.3 Å². The second-order valence-corrected chi connectivity index (χ2v) is 5.28. The van der Waals surface area contributed by atoms with Gasteiger partial charge in [-0.1, -0.05) is 26.2 Å². The van der Waals surface area contributed by atoms with E-state index in [9.17, 15) is 5.11 Å². The van der Waals surface area contributed by atoms with Gasteiger partial charge in [-0.2, -0.15) is 0 Å². The molecule has 0 spiro atoms. The summed E-state index contributed by atoms with van der Waals surface area (Å²) in [6, 6.07) is 0. The smallest absolute Gasteiger partial charge is 0.0996 e. The van der Waals surface area contributed by atoms with Crippen molar-refractivity contribution < 1.29 is 5.11 Å². The first-order valence-electron chi connectivity index (χ1n) is 5.87. The number of hydrogen-bond acceptors (Lipinski definition) is 3. The topological polar surface area (TPSA) is 33.1 Å². The van der Waals surface area contributed by atoms with Crippen molar-refractivity contribution in [1.29, 1.82) is 0 Å².